The van der Waals surface area contributed by atoms with Gasteiger partial charge in [-0.1, -0.05) is 12.1 Å². The summed E-state index contributed by atoms with van der Waals surface area (Å²) in [6.45, 7) is 6.32. The summed E-state index contributed by atoms with van der Waals surface area (Å²) in [4.78, 5) is 51.1. The predicted molar refractivity (Wildman–Crippen MR) is 110 cm³/mol. The first kappa shape index (κ1) is 21.6. The van der Waals surface area contributed by atoms with E-state index in [0.717, 1.165) is 0 Å². The summed E-state index contributed by atoms with van der Waals surface area (Å²) in [5, 5.41) is 8.17. The molecule has 0 saturated carbocycles. The minimum absolute atomic E-state index is 0.0701. The zero-order valence-corrected chi connectivity index (χ0v) is 17.5. The predicted octanol–water partition coefficient (Wildman–Crippen LogP) is 1.64. The summed E-state index contributed by atoms with van der Waals surface area (Å²) in [6, 6.07) is 5.71. The minimum atomic E-state index is -0.935. The molecule has 4 amide bonds. The van der Waals surface area contributed by atoms with Crippen molar-refractivity contribution in [1.82, 2.24) is 15.5 Å². The Morgan fingerprint density at radius 2 is 1.83 bits per heavy atom. The lowest BCUT2D eigenvalue weighted by Gasteiger charge is -2.33. The van der Waals surface area contributed by atoms with Crippen LogP contribution in [0.5, 0.6) is 0 Å². The van der Waals surface area contributed by atoms with E-state index < -0.39 is 23.6 Å². The number of benzene rings is 1. The molecule has 1 aromatic rings. The molecule has 162 valence electrons. The molecule has 2 heterocycles. The normalized spacial score (nSPS) is 19.8. The van der Waals surface area contributed by atoms with E-state index in [1.165, 1.54) is 0 Å². The molecule has 0 bridgehead atoms. The number of ether oxygens (including phenoxy) is 1. The molecular formula is C21H28N4O5. The first-order valence-electron chi connectivity index (χ1n) is 10.1. The van der Waals surface area contributed by atoms with E-state index in [0.29, 0.717) is 37.2 Å². The van der Waals surface area contributed by atoms with E-state index >= 15 is 0 Å². The lowest BCUT2D eigenvalue weighted by Crippen LogP contribution is -2.50. The summed E-state index contributed by atoms with van der Waals surface area (Å²) in [5.41, 5.74) is 0.239. The standard InChI is InChI=1S/C21H28N4O5/c1-21(2,3)30-20(29)22-13-8-10-25(11-9-13)17(26)12-16-19(28)23-15-7-5-4-6-14(15)18(27)24-16/h4-7,13,16H,8-12H2,1-3H3,(H,22,29)(H,23,28)(H,24,27). The zero-order chi connectivity index (χ0) is 21.9. The first-order valence-corrected chi connectivity index (χ1v) is 10.1. The third-order valence-electron chi connectivity index (χ3n) is 5.00. The van der Waals surface area contributed by atoms with Crippen LogP contribution in [0.25, 0.3) is 0 Å². The number of nitrogens with one attached hydrogen (secondary N) is 3. The van der Waals surface area contributed by atoms with E-state index in [1.54, 1.807) is 49.9 Å². The smallest absolute Gasteiger partial charge is 0.407 e. The highest BCUT2D eigenvalue weighted by molar-refractivity contribution is 6.10. The fraction of sp³-hybridized carbons (Fsp3) is 0.524. The minimum Gasteiger partial charge on any atom is -0.444 e. The van der Waals surface area contributed by atoms with Gasteiger partial charge in [-0.2, -0.15) is 0 Å². The van der Waals surface area contributed by atoms with Gasteiger partial charge >= 0.3 is 6.09 Å². The Bertz CT molecular complexity index is 840. The average Bonchev–Trinajstić information content (AvgIpc) is 2.77. The van der Waals surface area contributed by atoms with Gasteiger partial charge < -0.3 is 25.6 Å². The molecule has 1 saturated heterocycles. The zero-order valence-electron chi connectivity index (χ0n) is 17.5. The molecule has 2 aliphatic heterocycles. The van der Waals surface area contributed by atoms with Gasteiger partial charge in [0.15, 0.2) is 0 Å². The van der Waals surface area contributed by atoms with Gasteiger partial charge in [0.2, 0.25) is 11.8 Å². The van der Waals surface area contributed by atoms with E-state index in [-0.39, 0.29) is 24.3 Å². The molecule has 9 heteroatoms. The van der Waals surface area contributed by atoms with Crippen LogP contribution in [0.15, 0.2) is 24.3 Å². The van der Waals surface area contributed by atoms with Gasteiger partial charge in [0.05, 0.1) is 17.7 Å². The number of rotatable bonds is 3. The summed E-state index contributed by atoms with van der Waals surface area (Å²) in [7, 11) is 0. The van der Waals surface area contributed by atoms with Crippen LogP contribution in [0.1, 0.15) is 50.4 Å². The van der Waals surface area contributed by atoms with Crippen molar-refractivity contribution in [3.8, 4) is 0 Å². The van der Waals surface area contributed by atoms with Crippen LogP contribution in [0.2, 0.25) is 0 Å². The molecule has 3 N–H and O–H groups in total. The quantitative estimate of drug-likeness (QED) is 0.693. The highest BCUT2D eigenvalue weighted by atomic mass is 16.6. The van der Waals surface area contributed by atoms with Crippen LogP contribution in [0, 0.1) is 0 Å². The Morgan fingerprint density at radius 1 is 1.17 bits per heavy atom. The van der Waals surface area contributed by atoms with Crippen LogP contribution in [-0.2, 0) is 14.3 Å². The number of piperidine rings is 1. The van der Waals surface area contributed by atoms with Crippen molar-refractivity contribution in [2.24, 2.45) is 0 Å². The number of hydrogen-bond donors (Lipinski definition) is 3. The molecule has 0 spiro atoms. The van der Waals surface area contributed by atoms with E-state index in [1.807, 2.05) is 0 Å². The largest absolute Gasteiger partial charge is 0.444 e. The van der Waals surface area contributed by atoms with Crippen LogP contribution >= 0.6 is 0 Å². The SMILES string of the molecule is CC(C)(C)OC(=O)NC1CCN(C(=O)CC2NC(=O)c3ccccc3NC2=O)CC1. The monoisotopic (exact) mass is 416 g/mol. The number of hydrogen-bond acceptors (Lipinski definition) is 5. The summed E-state index contributed by atoms with van der Waals surface area (Å²) >= 11 is 0. The number of likely N-dealkylation sites (tertiary alicyclic amines) is 1. The van der Waals surface area contributed by atoms with Crippen molar-refractivity contribution < 1.29 is 23.9 Å². The molecule has 1 unspecified atom stereocenters. The van der Waals surface area contributed by atoms with Crippen molar-refractivity contribution >= 4 is 29.5 Å². The fourth-order valence-electron chi connectivity index (χ4n) is 3.51. The third kappa shape index (κ3) is 5.49. The molecule has 30 heavy (non-hydrogen) atoms. The van der Waals surface area contributed by atoms with Crippen LogP contribution in [0.4, 0.5) is 10.5 Å². The highest BCUT2D eigenvalue weighted by Crippen LogP contribution is 2.20. The summed E-state index contributed by atoms with van der Waals surface area (Å²) in [5.74, 6) is -1.01. The third-order valence-corrected chi connectivity index (χ3v) is 5.00. The van der Waals surface area contributed by atoms with Crippen LogP contribution in [0.3, 0.4) is 0 Å². The molecule has 1 fully saturated rings. The van der Waals surface area contributed by atoms with Crippen molar-refractivity contribution in [3.05, 3.63) is 29.8 Å². The number of carbonyl (C=O) groups is 4. The van der Waals surface area contributed by atoms with Gasteiger partial charge in [0, 0.05) is 19.1 Å². The number of alkyl carbamates (subject to hydrolysis) is 1. The van der Waals surface area contributed by atoms with Gasteiger partial charge in [0.1, 0.15) is 11.6 Å². The number of nitrogens with zero attached hydrogens (tertiary/aromatic N) is 1. The molecule has 9 nitrogen and oxygen atoms in total. The molecule has 0 aromatic heterocycles. The Balaban J connectivity index is 1.51. The van der Waals surface area contributed by atoms with Crippen molar-refractivity contribution in [2.75, 3.05) is 18.4 Å². The van der Waals surface area contributed by atoms with Crippen molar-refractivity contribution in [2.45, 2.75) is 57.7 Å². The Hall–Kier alpha value is -3.10. The van der Waals surface area contributed by atoms with Gasteiger partial charge in [-0.3, -0.25) is 14.4 Å². The number of carbonyl (C=O) groups excluding carboxylic acids is 4. The number of fused-ring (bicyclic) bond motifs is 1. The van der Waals surface area contributed by atoms with Crippen LogP contribution in [-0.4, -0.2) is 59.5 Å². The molecule has 2 aliphatic rings. The summed E-state index contributed by atoms with van der Waals surface area (Å²) < 4.78 is 5.26. The number of amides is 4. The van der Waals surface area contributed by atoms with E-state index in [4.69, 9.17) is 4.74 Å². The lowest BCUT2D eigenvalue weighted by atomic mass is 10.0. The molecule has 1 atom stereocenters. The molecule has 3 rings (SSSR count). The molecule has 1 aromatic carbocycles. The van der Waals surface area contributed by atoms with Crippen molar-refractivity contribution in [1.29, 1.82) is 0 Å². The Labute approximate surface area is 175 Å². The second kappa shape index (κ2) is 8.73. The Morgan fingerprint density at radius 3 is 2.50 bits per heavy atom. The summed E-state index contributed by atoms with van der Waals surface area (Å²) in [6.07, 6.45) is 0.611. The van der Waals surface area contributed by atoms with Gasteiger partial charge in [0.25, 0.3) is 5.91 Å². The van der Waals surface area contributed by atoms with Gasteiger partial charge in [-0.25, -0.2) is 4.79 Å². The number of para-hydroxylation sites is 1. The maximum Gasteiger partial charge on any atom is 0.407 e. The van der Waals surface area contributed by atoms with E-state index in [9.17, 15) is 19.2 Å². The molecular weight excluding hydrogens is 388 g/mol. The van der Waals surface area contributed by atoms with Crippen LogP contribution < -0.4 is 16.0 Å². The number of anilines is 1. The van der Waals surface area contributed by atoms with Gasteiger partial charge in [-0.15, -0.1) is 0 Å². The highest BCUT2D eigenvalue weighted by Gasteiger charge is 2.32. The van der Waals surface area contributed by atoms with Crippen molar-refractivity contribution in [3.63, 3.8) is 0 Å². The Kier molecular flexibility index (Phi) is 6.28. The lowest BCUT2D eigenvalue weighted by molar-refractivity contribution is -0.134. The maximum absolute atomic E-state index is 12.7. The fourth-order valence-corrected chi connectivity index (χ4v) is 3.51. The topological polar surface area (TPSA) is 117 Å². The second-order valence-corrected chi connectivity index (χ2v) is 8.57. The average molecular weight is 416 g/mol. The molecule has 0 aliphatic carbocycles. The first-order chi connectivity index (χ1) is 14.1. The second-order valence-electron chi connectivity index (χ2n) is 8.57. The van der Waals surface area contributed by atoms with E-state index in [2.05, 4.69) is 16.0 Å². The van der Waals surface area contributed by atoms with Gasteiger partial charge in [-0.05, 0) is 45.7 Å². The molecule has 0 radical (unpaired) electrons. The maximum atomic E-state index is 12.7.